The number of hydrogen-bond donors (Lipinski definition) is 6. The predicted octanol–water partition coefficient (Wildman–Crippen LogP) is -1.82. The second-order valence-corrected chi connectivity index (χ2v) is 6.58. The molecule has 1 rings (SSSR count). The summed E-state index contributed by atoms with van der Waals surface area (Å²) in [5, 5.41) is 50.3. The number of aliphatic hydroxyl groups is 5. The van der Waals surface area contributed by atoms with Crippen LogP contribution in [0.25, 0.3) is 0 Å². The molecule has 0 saturated carbocycles. The third kappa shape index (κ3) is 7.73. The van der Waals surface area contributed by atoms with Crippen LogP contribution in [0, 0.1) is 13.8 Å². The SMILES string of the molecule is Cc1cc(C)nc(NCCCC(=O)N(C)CC(O)C(O)C(O)C(O)CO)n1. The average Bonchev–Trinajstić information content (AvgIpc) is 2.62. The number of carbonyl (C=O) groups is 1. The number of likely N-dealkylation sites (N-methyl/N-ethyl adjacent to an activating group) is 1. The Morgan fingerprint density at radius 1 is 1.11 bits per heavy atom. The van der Waals surface area contributed by atoms with Crippen molar-refractivity contribution in [2.45, 2.75) is 51.1 Å². The molecule has 0 aliphatic rings. The molecule has 0 aliphatic carbocycles. The summed E-state index contributed by atoms with van der Waals surface area (Å²) >= 11 is 0. The Balaban J connectivity index is 2.37. The first-order chi connectivity index (χ1) is 12.6. The van der Waals surface area contributed by atoms with Crippen molar-refractivity contribution in [1.29, 1.82) is 0 Å². The lowest BCUT2D eigenvalue weighted by molar-refractivity contribution is -0.138. The maximum Gasteiger partial charge on any atom is 0.223 e. The van der Waals surface area contributed by atoms with E-state index in [0.29, 0.717) is 18.9 Å². The highest BCUT2D eigenvalue weighted by molar-refractivity contribution is 5.75. The highest BCUT2D eigenvalue weighted by Gasteiger charge is 2.31. The zero-order chi connectivity index (χ0) is 20.6. The Bertz CT molecular complexity index is 583. The normalized spacial score (nSPS) is 15.7. The van der Waals surface area contributed by atoms with Gasteiger partial charge in [-0.2, -0.15) is 0 Å². The zero-order valence-corrected chi connectivity index (χ0v) is 15.9. The summed E-state index contributed by atoms with van der Waals surface area (Å²) in [6, 6.07) is 1.86. The Morgan fingerprint density at radius 2 is 1.67 bits per heavy atom. The summed E-state index contributed by atoms with van der Waals surface area (Å²) in [7, 11) is 1.47. The number of carbonyl (C=O) groups excluding carboxylic acids is 1. The molecule has 154 valence electrons. The fraction of sp³-hybridized carbons (Fsp3) is 0.706. The van der Waals surface area contributed by atoms with Crippen molar-refractivity contribution in [3.8, 4) is 0 Å². The van der Waals surface area contributed by atoms with Crippen LogP contribution in [-0.2, 0) is 4.79 Å². The number of hydrogen-bond acceptors (Lipinski definition) is 9. The molecule has 0 bridgehead atoms. The van der Waals surface area contributed by atoms with Gasteiger partial charge < -0.3 is 35.7 Å². The van der Waals surface area contributed by atoms with Crippen LogP contribution >= 0.6 is 0 Å². The van der Waals surface area contributed by atoms with E-state index in [-0.39, 0.29) is 18.9 Å². The molecule has 0 fully saturated rings. The molecule has 1 aromatic rings. The minimum Gasteiger partial charge on any atom is -0.394 e. The van der Waals surface area contributed by atoms with Gasteiger partial charge in [-0.15, -0.1) is 0 Å². The van der Waals surface area contributed by atoms with Gasteiger partial charge in [-0.1, -0.05) is 0 Å². The van der Waals surface area contributed by atoms with Crippen LogP contribution in [0.2, 0.25) is 0 Å². The molecular weight excluding hydrogens is 356 g/mol. The lowest BCUT2D eigenvalue weighted by atomic mass is 10.0. The van der Waals surface area contributed by atoms with Gasteiger partial charge in [0, 0.05) is 37.9 Å². The zero-order valence-electron chi connectivity index (χ0n) is 15.9. The van der Waals surface area contributed by atoms with Crippen LogP contribution in [0.5, 0.6) is 0 Å². The second-order valence-electron chi connectivity index (χ2n) is 6.58. The van der Waals surface area contributed by atoms with Crippen molar-refractivity contribution in [1.82, 2.24) is 14.9 Å². The number of amides is 1. The van der Waals surface area contributed by atoms with Gasteiger partial charge in [-0.05, 0) is 26.3 Å². The molecule has 1 heterocycles. The molecule has 0 aromatic carbocycles. The molecular formula is C17H30N4O6. The Labute approximate surface area is 158 Å². The van der Waals surface area contributed by atoms with Crippen LogP contribution in [0.15, 0.2) is 6.07 Å². The first-order valence-corrected chi connectivity index (χ1v) is 8.79. The summed E-state index contributed by atoms with van der Waals surface area (Å²) in [4.78, 5) is 21.8. The number of nitrogens with zero attached hydrogens (tertiary/aromatic N) is 3. The van der Waals surface area contributed by atoms with Crippen molar-refractivity contribution in [3.05, 3.63) is 17.5 Å². The first-order valence-electron chi connectivity index (χ1n) is 8.79. The van der Waals surface area contributed by atoms with Gasteiger partial charge >= 0.3 is 0 Å². The fourth-order valence-electron chi connectivity index (χ4n) is 2.49. The second kappa shape index (κ2) is 11.1. The van der Waals surface area contributed by atoms with E-state index in [9.17, 15) is 25.2 Å². The number of aromatic nitrogens is 2. The molecule has 4 unspecified atom stereocenters. The van der Waals surface area contributed by atoms with E-state index in [1.807, 2.05) is 19.9 Å². The number of anilines is 1. The van der Waals surface area contributed by atoms with Crippen LogP contribution in [0.4, 0.5) is 5.95 Å². The summed E-state index contributed by atoms with van der Waals surface area (Å²) in [5.41, 5.74) is 1.70. The quantitative estimate of drug-likeness (QED) is 0.241. The molecule has 4 atom stereocenters. The predicted molar refractivity (Wildman–Crippen MR) is 98.0 cm³/mol. The standard InChI is InChI=1S/C17H30N4O6/c1-10-7-11(2)20-17(19-10)18-6-4-5-14(25)21(3)8-12(23)15(26)16(27)13(24)9-22/h7,12-13,15-16,22-24,26-27H,4-6,8-9H2,1-3H3,(H,18,19,20). The van der Waals surface area contributed by atoms with Gasteiger partial charge in [0.25, 0.3) is 0 Å². The van der Waals surface area contributed by atoms with Crippen molar-refractivity contribution in [3.63, 3.8) is 0 Å². The maximum atomic E-state index is 12.1. The molecule has 1 aromatic heterocycles. The monoisotopic (exact) mass is 386 g/mol. The van der Waals surface area contributed by atoms with E-state index in [2.05, 4.69) is 15.3 Å². The summed E-state index contributed by atoms with van der Waals surface area (Å²) < 4.78 is 0. The minimum absolute atomic E-state index is 0.207. The number of rotatable bonds is 11. The Hall–Kier alpha value is -1.85. The van der Waals surface area contributed by atoms with E-state index in [1.54, 1.807) is 0 Å². The van der Waals surface area contributed by atoms with Gasteiger partial charge in [0.2, 0.25) is 11.9 Å². The van der Waals surface area contributed by atoms with Gasteiger partial charge in [0.1, 0.15) is 24.4 Å². The number of nitrogens with one attached hydrogen (secondary N) is 1. The summed E-state index contributed by atoms with van der Waals surface area (Å²) in [5.74, 6) is 0.255. The van der Waals surface area contributed by atoms with Crippen molar-refractivity contribution in [2.24, 2.45) is 0 Å². The molecule has 0 radical (unpaired) electrons. The van der Waals surface area contributed by atoms with Crippen molar-refractivity contribution in [2.75, 3.05) is 32.1 Å². The minimum atomic E-state index is -1.71. The van der Waals surface area contributed by atoms with Gasteiger partial charge in [-0.3, -0.25) is 4.79 Å². The fourth-order valence-corrected chi connectivity index (χ4v) is 2.49. The van der Waals surface area contributed by atoms with Crippen LogP contribution in [-0.4, -0.2) is 97.5 Å². The molecule has 1 amide bonds. The van der Waals surface area contributed by atoms with Gasteiger partial charge in [0.15, 0.2) is 0 Å². The molecule has 0 spiro atoms. The largest absolute Gasteiger partial charge is 0.394 e. The van der Waals surface area contributed by atoms with Crippen molar-refractivity contribution >= 4 is 11.9 Å². The average molecular weight is 386 g/mol. The third-order valence-electron chi connectivity index (χ3n) is 4.04. The Kier molecular flexibility index (Phi) is 9.53. The Morgan fingerprint density at radius 3 is 2.22 bits per heavy atom. The van der Waals surface area contributed by atoms with E-state index < -0.39 is 31.0 Å². The van der Waals surface area contributed by atoms with Crippen LogP contribution in [0.3, 0.4) is 0 Å². The molecule has 27 heavy (non-hydrogen) atoms. The molecule has 10 heteroatoms. The summed E-state index contributed by atoms with van der Waals surface area (Å²) in [6.45, 7) is 3.26. The topological polar surface area (TPSA) is 159 Å². The van der Waals surface area contributed by atoms with Gasteiger partial charge in [0.05, 0.1) is 6.61 Å². The van der Waals surface area contributed by atoms with Crippen molar-refractivity contribution < 1.29 is 30.3 Å². The van der Waals surface area contributed by atoms with E-state index in [0.717, 1.165) is 11.4 Å². The highest BCUT2D eigenvalue weighted by Crippen LogP contribution is 2.08. The van der Waals surface area contributed by atoms with E-state index >= 15 is 0 Å². The third-order valence-corrected chi connectivity index (χ3v) is 4.04. The van der Waals surface area contributed by atoms with E-state index in [4.69, 9.17) is 5.11 Å². The summed E-state index contributed by atoms with van der Waals surface area (Å²) in [6.07, 6.45) is -5.71. The number of aryl methyl sites for hydroxylation is 2. The van der Waals surface area contributed by atoms with Gasteiger partial charge in [-0.25, -0.2) is 9.97 Å². The molecule has 0 aliphatic heterocycles. The smallest absolute Gasteiger partial charge is 0.223 e. The lowest BCUT2D eigenvalue weighted by Crippen LogP contribution is -2.49. The number of aliphatic hydroxyl groups excluding tert-OH is 5. The van der Waals surface area contributed by atoms with E-state index in [1.165, 1.54) is 11.9 Å². The molecule has 6 N–H and O–H groups in total. The molecule has 0 saturated heterocycles. The van der Waals surface area contributed by atoms with Crippen LogP contribution in [0.1, 0.15) is 24.2 Å². The molecule has 10 nitrogen and oxygen atoms in total. The lowest BCUT2D eigenvalue weighted by Gasteiger charge is -2.28. The first kappa shape index (κ1) is 23.2. The van der Waals surface area contributed by atoms with Crippen LogP contribution < -0.4 is 5.32 Å². The maximum absolute atomic E-state index is 12.1. The highest BCUT2D eigenvalue weighted by atomic mass is 16.4.